The lowest BCUT2D eigenvalue weighted by Crippen LogP contribution is -2.58. The highest BCUT2D eigenvalue weighted by Crippen LogP contribution is 2.44. The van der Waals surface area contributed by atoms with Gasteiger partial charge in [0.05, 0.1) is 10.0 Å². The summed E-state index contributed by atoms with van der Waals surface area (Å²) in [5.74, 6) is -1.04. The molecule has 29 heavy (non-hydrogen) atoms. The molecule has 2 aliphatic rings. The van der Waals surface area contributed by atoms with E-state index < -0.39 is 18.6 Å². The third-order valence-electron chi connectivity index (χ3n) is 6.66. The van der Waals surface area contributed by atoms with Gasteiger partial charge in [0, 0.05) is 18.6 Å². The maximum Gasteiger partial charge on any atom is 0.451 e. The molecule has 2 saturated heterocycles. The summed E-state index contributed by atoms with van der Waals surface area (Å²) in [6, 6.07) is 6.33. The minimum absolute atomic E-state index is 0.0818. The predicted molar refractivity (Wildman–Crippen MR) is 115 cm³/mol. The maximum atomic E-state index is 12.1. The van der Waals surface area contributed by atoms with Gasteiger partial charge in [-0.25, -0.2) is 0 Å². The largest absolute Gasteiger partial charge is 0.480 e. The van der Waals surface area contributed by atoms with Crippen LogP contribution in [0.15, 0.2) is 18.2 Å². The second kappa shape index (κ2) is 9.54. The van der Waals surface area contributed by atoms with E-state index in [0.717, 1.165) is 37.8 Å². The third kappa shape index (κ3) is 5.27. The Morgan fingerprint density at radius 3 is 2.38 bits per heavy atom. The molecule has 0 radical (unpaired) electrons. The van der Waals surface area contributed by atoms with E-state index in [1.54, 1.807) is 0 Å². The van der Waals surface area contributed by atoms with Crippen LogP contribution < -0.4 is 5.73 Å². The first-order valence-corrected chi connectivity index (χ1v) is 11.0. The lowest BCUT2D eigenvalue weighted by Gasteiger charge is -2.44. The molecule has 1 aromatic rings. The number of halogens is 2. The number of rotatable bonds is 9. The number of benzene rings is 1. The highest BCUT2D eigenvalue weighted by molar-refractivity contribution is 6.42. The van der Waals surface area contributed by atoms with Crippen LogP contribution in [0.25, 0.3) is 0 Å². The van der Waals surface area contributed by atoms with Gasteiger partial charge < -0.3 is 20.9 Å². The summed E-state index contributed by atoms with van der Waals surface area (Å²) in [4.78, 5) is 14.5. The van der Waals surface area contributed by atoms with Gasteiger partial charge in [0.2, 0.25) is 0 Å². The molecule has 0 spiro atoms. The van der Waals surface area contributed by atoms with Crippen molar-refractivity contribution in [3.05, 3.63) is 33.8 Å². The summed E-state index contributed by atoms with van der Waals surface area (Å²) in [6.45, 7) is 0.776. The third-order valence-corrected chi connectivity index (χ3v) is 7.40. The van der Waals surface area contributed by atoms with Crippen molar-refractivity contribution in [2.45, 2.75) is 75.4 Å². The van der Waals surface area contributed by atoms with Crippen molar-refractivity contribution < 1.29 is 19.9 Å². The molecule has 3 rings (SSSR count). The minimum Gasteiger partial charge on any atom is -0.480 e. The number of piperidine rings is 1. The van der Waals surface area contributed by atoms with Crippen LogP contribution in [0.2, 0.25) is 16.4 Å². The van der Waals surface area contributed by atoms with Crippen molar-refractivity contribution in [3.63, 3.8) is 0 Å². The summed E-state index contributed by atoms with van der Waals surface area (Å²) in [5.41, 5.74) is 6.28. The Labute approximate surface area is 182 Å². The number of unbranched alkanes of at least 4 members (excludes halogenated alkanes) is 1. The molecule has 3 atom stereocenters. The molecular weight excluding hydrogens is 414 g/mol. The van der Waals surface area contributed by atoms with E-state index in [-0.39, 0.29) is 12.2 Å². The number of carboxylic acid groups (broad SMARTS) is 1. The average Bonchev–Trinajstić information content (AvgIpc) is 2.88. The minimum atomic E-state index is -1.35. The fourth-order valence-electron chi connectivity index (χ4n) is 5.03. The Kier molecular flexibility index (Phi) is 7.52. The zero-order valence-corrected chi connectivity index (χ0v) is 17.9. The summed E-state index contributed by atoms with van der Waals surface area (Å²) in [5, 5.41) is 28.9. The maximum absolute atomic E-state index is 12.1. The van der Waals surface area contributed by atoms with Crippen LogP contribution in [-0.4, -0.2) is 50.8 Å². The van der Waals surface area contributed by atoms with Crippen molar-refractivity contribution in [2.24, 2.45) is 11.7 Å². The molecule has 2 aliphatic heterocycles. The Hall–Kier alpha value is -0.825. The van der Waals surface area contributed by atoms with Crippen LogP contribution in [0.3, 0.4) is 0 Å². The quantitative estimate of drug-likeness (QED) is 0.345. The predicted octanol–water partition coefficient (Wildman–Crippen LogP) is 3.16. The molecule has 6 nitrogen and oxygen atoms in total. The van der Waals surface area contributed by atoms with E-state index in [2.05, 4.69) is 4.90 Å². The molecule has 160 valence electrons. The van der Waals surface area contributed by atoms with Crippen LogP contribution >= 0.6 is 23.2 Å². The van der Waals surface area contributed by atoms with E-state index >= 15 is 0 Å². The van der Waals surface area contributed by atoms with Gasteiger partial charge in [-0.2, -0.15) is 0 Å². The zero-order chi connectivity index (χ0) is 21.2. The van der Waals surface area contributed by atoms with Crippen LogP contribution in [0.1, 0.15) is 50.5 Å². The SMILES string of the molecule is N[C@](CCCCB(O)O)(C(=O)O)C1CC2CCC(C1)N2Cc1ccc(Cl)c(Cl)c1. The number of nitrogens with zero attached hydrogens (tertiary/aromatic N) is 1. The van der Waals surface area contributed by atoms with Crippen molar-refractivity contribution in [1.82, 2.24) is 4.90 Å². The second-order valence-corrected chi connectivity index (χ2v) is 9.36. The van der Waals surface area contributed by atoms with Crippen LogP contribution in [0.5, 0.6) is 0 Å². The number of fused-ring (bicyclic) bond motifs is 2. The molecule has 0 saturated carbocycles. The van der Waals surface area contributed by atoms with Crippen molar-refractivity contribution in [1.29, 1.82) is 0 Å². The first-order valence-electron chi connectivity index (χ1n) is 10.3. The fraction of sp³-hybridized carbons (Fsp3) is 0.650. The summed E-state index contributed by atoms with van der Waals surface area (Å²) in [6.07, 6.45) is 5.34. The average molecular weight is 443 g/mol. The van der Waals surface area contributed by atoms with E-state index in [1.807, 2.05) is 18.2 Å². The Bertz CT molecular complexity index is 724. The van der Waals surface area contributed by atoms with E-state index in [4.69, 9.17) is 39.0 Å². The normalized spacial score (nSPS) is 26.3. The molecule has 0 amide bonds. The Balaban J connectivity index is 1.65. The molecular formula is C20H29BCl2N2O4. The number of carbonyl (C=O) groups is 1. The van der Waals surface area contributed by atoms with Crippen LogP contribution in [0.4, 0.5) is 0 Å². The Morgan fingerprint density at radius 2 is 1.83 bits per heavy atom. The molecule has 2 fully saturated rings. The van der Waals surface area contributed by atoms with E-state index in [0.29, 0.717) is 41.4 Å². The van der Waals surface area contributed by atoms with Gasteiger partial charge >= 0.3 is 13.1 Å². The number of nitrogens with two attached hydrogens (primary N) is 1. The smallest absolute Gasteiger partial charge is 0.451 e. The van der Waals surface area contributed by atoms with Crippen molar-refractivity contribution in [3.8, 4) is 0 Å². The summed E-state index contributed by atoms with van der Waals surface area (Å²) in [7, 11) is -1.35. The topological polar surface area (TPSA) is 107 Å². The summed E-state index contributed by atoms with van der Waals surface area (Å²) < 4.78 is 0. The Morgan fingerprint density at radius 1 is 1.17 bits per heavy atom. The van der Waals surface area contributed by atoms with E-state index in [9.17, 15) is 9.90 Å². The first-order chi connectivity index (χ1) is 13.7. The highest BCUT2D eigenvalue weighted by Gasteiger charge is 2.50. The number of hydrogen-bond donors (Lipinski definition) is 4. The number of hydrogen-bond acceptors (Lipinski definition) is 5. The van der Waals surface area contributed by atoms with Gasteiger partial charge in [0.15, 0.2) is 0 Å². The fourth-order valence-corrected chi connectivity index (χ4v) is 5.35. The lowest BCUT2D eigenvalue weighted by molar-refractivity contribution is -0.147. The number of aliphatic carboxylic acids is 1. The summed E-state index contributed by atoms with van der Waals surface area (Å²) >= 11 is 12.2. The standard InChI is InChI=1S/C20H29BCl2N2O4/c22-17-6-3-13(9-18(17)23)12-25-15-4-5-16(25)11-14(10-15)20(24,19(26)27)7-1-2-8-21(28)29/h3,6,9,14-16,28-29H,1-2,4-5,7-8,10-12,24H2,(H,26,27)/t14?,15?,16?,20-/m0/s1. The van der Waals surface area contributed by atoms with Gasteiger partial charge in [0.25, 0.3) is 0 Å². The van der Waals surface area contributed by atoms with Crippen LogP contribution in [-0.2, 0) is 11.3 Å². The van der Waals surface area contributed by atoms with Crippen LogP contribution in [0, 0.1) is 5.92 Å². The second-order valence-electron chi connectivity index (χ2n) is 8.55. The molecule has 1 aromatic carbocycles. The molecule has 0 aliphatic carbocycles. The highest BCUT2D eigenvalue weighted by atomic mass is 35.5. The first kappa shape index (κ1) is 22.9. The van der Waals surface area contributed by atoms with Gasteiger partial charge in [-0.3, -0.25) is 9.69 Å². The van der Waals surface area contributed by atoms with Gasteiger partial charge in [-0.1, -0.05) is 42.1 Å². The molecule has 0 aromatic heterocycles. The van der Waals surface area contributed by atoms with Gasteiger partial charge in [0.1, 0.15) is 5.54 Å². The van der Waals surface area contributed by atoms with Crippen molar-refractivity contribution >= 4 is 36.3 Å². The zero-order valence-electron chi connectivity index (χ0n) is 16.4. The molecule has 2 heterocycles. The lowest BCUT2D eigenvalue weighted by atomic mass is 9.72. The molecule has 2 bridgehead atoms. The van der Waals surface area contributed by atoms with E-state index in [1.165, 1.54) is 0 Å². The van der Waals surface area contributed by atoms with Crippen molar-refractivity contribution in [2.75, 3.05) is 0 Å². The monoisotopic (exact) mass is 442 g/mol. The molecule has 9 heteroatoms. The van der Waals surface area contributed by atoms with Gasteiger partial charge in [-0.05, 0) is 62.0 Å². The molecule has 2 unspecified atom stereocenters. The van der Waals surface area contributed by atoms with Gasteiger partial charge in [-0.15, -0.1) is 0 Å². The number of carboxylic acids is 1. The molecule has 5 N–H and O–H groups in total.